The third-order valence-corrected chi connectivity index (χ3v) is 2.87. The number of carbonyl (C=O) groups is 1. The maximum Gasteiger partial charge on any atom is 0.245 e. The average molecular weight is 274 g/mol. The van der Waals surface area contributed by atoms with E-state index in [1.807, 2.05) is 6.07 Å². The zero-order valence-electron chi connectivity index (χ0n) is 11.0. The number of benzene rings is 2. The van der Waals surface area contributed by atoms with Gasteiger partial charge >= 0.3 is 0 Å². The Morgan fingerprint density at radius 3 is 2.60 bits per heavy atom. The molecule has 0 saturated carbocycles. The van der Waals surface area contributed by atoms with Crippen molar-refractivity contribution in [3.05, 3.63) is 59.9 Å². The van der Waals surface area contributed by atoms with Crippen molar-refractivity contribution in [1.29, 1.82) is 0 Å². The first kappa shape index (κ1) is 14.0. The number of halogens is 1. The first-order valence-electron chi connectivity index (χ1n) is 6.06. The Balaban J connectivity index is 2.15. The highest BCUT2D eigenvalue weighted by Gasteiger charge is 2.17. The van der Waals surface area contributed by atoms with E-state index in [2.05, 4.69) is 5.32 Å². The standard InChI is InChI=1S/C15H15FN2O2/c1-20-11-7-8-12(16)13(9-11)18-15(19)14(17)10-5-3-2-4-6-10/h2-9,14H,17H2,1H3,(H,18,19)/t14-/m1/s1. The van der Waals surface area contributed by atoms with Gasteiger partial charge in [0, 0.05) is 6.07 Å². The van der Waals surface area contributed by atoms with Crippen molar-refractivity contribution < 1.29 is 13.9 Å². The molecule has 1 amide bonds. The number of hydrogen-bond donors (Lipinski definition) is 2. The van der Waals surface area contributed by atoms with Crippen LogP contribution in [0.15, 0.2) is 48.5 Å². The smallest absolute Gasteiger partial charge is 0.245 e. The monoisotopic (exact) mass is 274 g/mol. The summed E-state index contributed by atoms with van der Waals surface area (Å²) in [6.45, 7) is 0. The molecule has 0 heterocycles. The Morgan fingerprint density at radius 2 is 1.95 bits per heavy atom. The third-order valence-electron chi connectivity index (χ3n) is 2.87. The topological polar surface area (TPSA) is 64.3 Å². The number of hydrogen-bond acceptors (Lipinski definition) is 3. The van der Waals surface area contributed by atoms with Gasteiger partial charge in [0.15, 0.2) is 0 Å². The summed E-state index contributed by atoms with van der Waals surface area (Å²) in [5, 5.41) is 2.46. The van der Waals surface area contributed by atoms with E-state index >= 15 is 0 Å². The minimum atomic E-state index is -0.859. The van der Waals surface area contributed by atoms with Crippen LogP contribution in [0.1, 0.15) is 11.6 Å². The molecule has 4 nitrogen and oxygen atoms in total. The van der Waals surface area contributed by atoms with Crippen molar-refractivity contribution >= 4 is 11.6 Å². The number of carbonyl (C=O) groups excluding carboxylic acids is 1. The molecule has 2 aromatic carbocycles. The number of nitrogens with one attached hydrogen (secondary N) is 1. The summed E-state index contributed by atoms with van der Waals surface area (Å²) in [6.07, 6.45) is 0. The van der Waals surface area contributed by atoms with Gasteiger partial charge in [-0.15, -0.1) is 0 Å². The molecule has 5 heteroatoms. The lowest BCUT2D eigenvalue weighted by atomic mass is 10.1. The lowest BCUT2D eigenvalue weighted by Crippen LogP contribution is -2.28. The zero-order valence-corrected chi connectivity index (χ0v) is 11.0. The molecule has 0 saturated heterocycles. The molecule has 2 rings (SSSR count). The van der Waals surface area contributed by atoms with E-state index in [4.69, 9.17) is 10.5 Å². The van der Waals surface area contributed by atoms with Gasteiger partial charge in [-0.1, -0.05) is 30.3 Å². The number of anilines is 1. The zero-order chi connectivity index (χ0) is 14.5. The van der Waals surface area contributed by atoms with Crippen LogP contribution in [0.4, 0.5) is 10.1 Å². The summed E-state index contributed by atoms with van der Waals surface area (Å²) < 4.78 is 18.6. The molecule has 0 radical (unpaired) electrons. The van der Waals surface area contributed by atoms with Gasteiger partial charge in [-0.3, -0.25) is 4.79 Å². The Morgan fingerprint density at radius 1 is 1.25 bits per heavy atom. The Labute approximate surface area is 116 Å². The Bertz CT molecular complexity index is 602. The maximum absolute atomic E-state index is 13.6. The molecule has 0 aliphatic heterocycles. The SMILES string of the molecule is COc1ccc(F)c(NC(=O)[C@H](N)c2ccccc2)c1. The van der Waals surface area contributed by atoms with Crippen LogP contribution in [0.25, 0.3) is 0 Å². The second kappa shape index (κ2) is 6.16. The molecular weight excluding hydrogens is 259 g/mol. The lowest BCUT2D eigenvalue weighted by molar-refractivity contribution is -0.117. The van der Waals surface area contributed by atoms with Gasteiger partial charge in [-0.2, -0.15) is 0 Å². The Kier molecular flexibility index (Phi) is 4.32. The van der Waals surface area contributed by atoms with Crippen LogP contribution in [-0.4, -0.2) is 13.0 Å². The molecule has 0 fully saturated rings. The molecule has 0 aliphatic carbocycles. The van der Waals surface area contributed by atoms with Crippen molar-refractivity contribution in [2.45, 2.75) is 6.04 Å². The van der Waals surface area contributed by atoms with Crippen molar-refractivity contribution in [3.8, 4) is 5.75 Å². The highest BCUT2D eigenvalue weighted by molar-refractivity contribution is 5.95. The van der Waals surface area contributed by atoms with E-state index in [1.165, 1.54) is 25.3 Å². The van der Waals surface area contributed by atoms with Gasteiger partial charge in [0.2, 0.25) is 5.91 Å². The van der Waals surface area contributed by atoms with Crippen LogP contribution in [0.2, 0.25) is 0 Å². The van der Waals surface area contributed by atoms with Crippen LogP contribution in [0, 0.1) is 5.82 Å². The summed E-state index contributed by atoms with van der Waals surface area (Å²) in [6, 6.07) is 12.1. The molecule has 0 aromatic heterocycles. The van der Waals surface area contributed by atoms with Crippen molar-refractivity contribution in [3.63, 3.8) is 0 Å². The molecule has 2 aromatic rings. The molecule has 1 atom stereocenters. The molecule has 0 unspecified atom stereocenters. The number of nitrogens with two attached hydrogens (primary N) is 1. The van der Waals surface area contributed by atoms with E-state index in [9.17, 15) is 9.18 Å². The van der Waals surface area contributed by atoms with Crippen LogP contribution in [0.5, 0.6) is 5.75 Å². The summed E-state index contributed by atoms with van der Waals surface area (Å²) in [5.74, 6) is -0.572. The first-order valence-corrected chi connectivity index (χ1v) is 6.06. The number of methoxy groups -OCH3 is 1. The highest BCUT2D eigenvalue weighted by atomic mass is 19.1. The first-order chi connectivity index (χ1) is 9.61. The fraction of sp³-hybridized carbons (Fsp3) is 0.133. The minimum Gasteiger partial charge on any atom is -0.497 e. The minimum absolute atomic E-state index is 0.0423. The molecule has 20 heavy (non-hydrogen) atoms. The molecular formula is C15H15FN2O2. The van der Waals surface area contributed by atoms with E-state index in [0.717, 1.165) is 0 Å². The van der Waals surface area contributed by atoms with Crippen molar-refractivity contribution in [2.75, 3.05) is 12.4 Å². The normalized spacial score (nSPS) is 11.8. The van der Waals surface area contributed by atoms with E-state index in [0.29, 0.717) is 11.3 Å². The largest absolute Gasteiger partial charge is 0.497 e. The van der Waals surface area contributed by atoms with E-state index in [1.54, 1.807) is 24.3 Å². The second-order valence-electron chi connectivity index (χ2n) is 4.22. The molecule has 0 spiro atoms. The lowest BCUT2D eigenvalue weighted by Gasteiger charge is -2.13. The van der Waals surface area contributed by atoms with Crippen LogP contribution in [0.3, 0.4) is 0 Å². The quantitative estimate of drug-likeness (QED) is 0.900. The van der Waals surface area contributed by atoms with E-state index < -0.39 is 17.8 Å². The summed E-state index contributed by atoms with van der Waals surface area (Å²) >= 11 is 0. The molecule has 3 N–H and O–H groups in total. The predicted octanol–water partition coefficient (Wildman–Crippen LogP) is 2.47. The summed E-state index contributed by atoms with van der Waals surface area (Å²) in [7, 11) is 1.47. The second-order valence-corrected chi connectivity index (χ2v) is 4.22. The van der Waals surface area contributed by atoms with Gasteiger partial charge < -0.3 is 15.8 Å². The third kappa shape index (κ3) is 3.13. The maximum atomic E-state index is 13.6. The Hall–Kier alpha value is -2.40. The molecule has 0 aliphatic rings. The highest BCUT2D eigenvalue weighted by Crippen LogP contribution is 2.22. The fourth-order valence-electron chi connectivity index (χ4n) is 1.75. The van der Waals surface area contributed by atoms with Crippen LogP contribution in [-0.2, 0) is 4.79 Å². The van der Waals surface area contributed by atoms with Gasteiger partial charge in [0.25, 0.3) is 0 Å². The molecule has 104 valence electrons. The van der Waals surface area contributed by atoms with Crippen LogP contribution >= 0.6 is 0 Å². The average Bonchev–Trinajstić information content (AvgIpc) is 2.49. The number of rotatable bonds is 4. The van der Waals surface area contributed by atoms with Crippen LogP contribution < -0.4 is 15.8 Å². The van der Waals surface area contributed by atoms with Crippen molar-refractivity contribution in [1.82, 2.24) is 0 Å². The van der Waals surface area contributed by atoms with Gasteiger partial charge in [0.1, 0.15) is 17.6 Å². The van der Waals surface area contributed by atoms with Crippen molar-refractivity contribution in [2.24, 2.45) is 5.73 Å². The summed E-state index contributed by atoms with van der Waals surface area (Å²) in [4.78, 5) is 12.0. The predicted molar refractivity (Wildman–Crippen MR) is 75.0 cm³/mol. The van der Waals surface area contributed by atoms with Gasteiger partial charge in [-0.25, -0.2) is 4.39 Å². The summed E-state index contributed by atoms with van der Waals surface area (Å²) in [5.41, 5.74) is 6.54. The van der Waals surface area contributed by atoms with Gasteiger partial charge in [-0.05, 0) is 17.7 Å². The fourth-order valence-corrected chi connectivity index (χ4v) is 1.75. The van der Waals surface area contributed by atoms with Gasteiger partial charge in [0.05, 0.1) is 12.8 Å². The number of amides is 1. The van der Waals surface area contributed by atoms with E-state index in [-0.39, 0.29) is 5.69 Å². The molecule has 0 bridgehead atoms. The number of ether oxygens (including phenoxy) is 1.